The van der Waals surface area contributed by atoms with E-state index in [-0.39, 0.29) is 51.4 Å². The first-order chi connectivity index (χ1) is 9.24. The van der Waals surface area contributed by atoms with E-state index < -0.39 is 7.26 Å². The third-order valence-electron chi connectivity index (χ3n) is 3.94. The van der Waals surface area contributed by atoms with Gasteiger partial charge in [0, 0.05) is 58.6 Å². The zero-order valence-electron chi connectivity index (χ0n) is 15.3. The van der Waals surface area contributed by atoms with Crippen LogP contribution in [0.25, 0.3) is 0 Å². The second-order valence-corrected chi connectivity index (χ2v) is 10.1. The van der Waals surface area contributed by atoms with Gasteiger partial charge in [-0.15, -0.1) is 0 Å². The molecule has 0 aromatic rings. The van der Waals surface area contributed by atoms with E-state index in [9.17, 15) is 0 Å². The summed E-state index contributed by atoms with van der Waals surface area (Å²) in [6.45, 7) is 9.42. The Morgan fingerprint density at radius 2 is 0.750 bits per heavy atom. The molecule has 0 N–H and O–H groups in total. The Labute approximate surface area is 172 Å². The summed E-state index contributed by atoms with van der Waals surface area (Å²) in [4.78, 5) is 0. The fraction of sp³-hybridized carbons (Fsp3) is 1.00. The second-order valence-electron chi connectivity index (χ2n) is 5.65. The molecule has 1 nitrogen and oxygen atoms in total. The fourth-order valence-corrected chi connectivity index (χ4v) is 7.93. The summed E-state index contributed by atoms with van der Waals surface area (Å²) < 4.78 is 0. The summed E-state index contributed by atoms with van der Waals surface area (Å²) in [5.74, 6) is 0. The van der Waals surface area contributed by atoms with E-state index in [0.717, 1.165) is 7.11 Å². The summed E-state index contributed by atoms with van der Waals surface area (Å²) in [7, 11) is 0.188. The smallest absolute Gasteiger partial charge is 0.0594 e. The van der Waals surface area contributed by atoms with Crippen LogP contribution in [0.15, 0.2) is 0 Å². The van der Waals surface area contributed by atoms with Crippen LogP contribution in [0, 0.1) is 0 Å². The molecule has 0 aliphatic rings. The van der Waals surface area contributed by atoms with Crippen molar-refractivity contribution >= 4 is 58.6 Å². The molecule has 0 bridgehead atoms. The van der Waals surface area contributed by atoms with Gasteiger partial charge in [0.2, 0.25) is 0 Å². The molecular weight excluding hydrogens is 290 g/mol. The van der Waals surface area contributed by atoms with Gasteiger partial charge in [-0.1, -0.05) is 53.4 Å². The van der Waals surface area contributed by atoms with E-state index in [4.69, 9.17) is 5.11 Å². The van der Waals surface area contributed by atoms with Gasteiger partial charge in [0.25, 0.3) is 0 Å². The van der Waals surface area contributed by atoms with Crippen LogP contribution in [0.3, 0.4) is 0 Å². The van der Waals surface area contributed by atoms with E-state index in [1.807, 2.05) is 0 Å². The average Bonchev–Trinajstić information content (AvgIpc) is 2.48. The third kappa shape index (κ3) is 14.9. The van der Waals surface area contributed by atoms with Crippen LogP contribution in [-0.2, 0) is 0 Å². The van der Waals surface area contributed by atoms with Gasteiger partial charge < -0.3 is 5.11 Å². The molecule has 0 heterocycles. The van der Waals surface area contributed by atoms with Crippen molar-refractivity contribution in [1.29, 1.82) is 0 Å². The third-order valence-corrected chi connectivity index (χ3v) is 9.00. The summed E-state index contributed by atoms with van der Waals surface area (Å²) in [6.07, 6.45) is 17.9. The predicted molar refractivity (Wildman–Crippen MR) is 97.7 cm³/mol. The Bertz CT molecular complexity index is 128. The van der Waals surface area contributed by atoms with Crippen LogP contribution in [-0.4, -0.2) is 83.1 Å². The normalized spacial score (nSPS) is 10.5. The Morgan fingerprint density at radius 3 is 0.900 bits per heavy atom. The van der Waals surface area contributed by atoms with Crippen LogP contribution in [0.1, 0.15) is 79.1 Å². The number of hydrogen-bond donors (Lipinski definition) is 0. The van der Waals surface area contributed by atoms with Crippen LogP contribution >= 0.6 is 7.26 Å². The standard InChI is InChI=1S/C16H36P.CH3O.K/c1-5-9-13-17(14-10-6-2,15-11-7-3)16-12-8-4;1-2;/h5-16H2,1-4H3;1H3;/q+1;-1;. The monoisotopic (exact) mass is 329 g/mol. The summed E-state index contributed by atoms with van der Waals surface area (Å²) in [5, 5.41) is 8.25. The Kier molecular flexibility index (Phi) is 28.3. The quantitative estimate of drug-likeness (QED) is 0.372. The predicted octanol–water partition coefficient (Wildman–Crippen LogP) is 4.80. The first-order valence-corrected chi connectivity index (χ1v) is 11.0. The van der Waals surface area contributed by atoms with Crippen molar-refractivity contribution in [2.45, 2.75) is 79.1 Å². The topological polar surface area (TPSA) is 23.1 Å². The molecule has 0 aliphatic heterocycles. The van der Waals surface area contributed by atoms with E-state index >= 15 is 0 Å². The molecule has 0 saturated carbocycles. The second kappa shape index (κ2) is 21.0. The minimum atomic E-state index is -0.562. The van der Waals surface area contributed by atoms with Crippen molar-refractivity contribution in [3.63, 3.8) is 0 Å². The summed E-state index contributed by atoms with van der Waals surface area (Å²) >= 11 is 0. The maximum Gasteiger partial charge on any atom is 0.0594 e. The first-order valence-electron chi connectivity index (χ1n) is 8.50. The fourth-order valence-electron chi connectivity index (χ4n) is 2.64. The zero-order valence-corrected chi connectivity index (χ0v) is 19.4. The minimum absolute atomic E-state index is 0. The molecule has 0 aliphatic carbocycles. The van der Waals surface area contributed by atoms with Gasteiger partial charge in [-0.05, 0) is 25.7 Å². The van der Waals surface area contributed by atoms with Gasteiger partial charge in [-0.25, -0.2) is 0 Å². The molecule has 3 heteroatoms. The molecule has 0 aromatic carbocycles. The number of unbranched alkanes of at least 4 members (excludes halogenated alkanes) is 4. The van der Waals surface area contributed by atoms with Crippen LogP contribution in [0.2, 0.25) is 0 Å². The molecule has 0 fully saturated rings. The Hall–Kier alpha value is 2.03. The van der Waals surface area contributed by atoms with Gasteiger partial charge in [0.05, 0.1) is 24.6 Å². The van der Waals surface area contributed by atoms with Crippen molar-refractivity contribution in [3.8, 4) is 0 Å². The van der Waals surface area contributed by atoms with E-state index in [1.54, 1.807) is 24.6 Å². The molecule has 20 heavy (non-hydrogen) atoms. The molecule has 0 spiro atoms. The summed E-state index contributed by atoms with van der Waals surface area (Å²) in [5.41, 5.74) is 0. The zero-order chi connectivity index (χ0) is 15.0. The van der Waals surface area contributed by atoms with Crippen molar-refractivity contribution in [3.05, 3.63) is 0 Å². The average molecular weight is 330 g/mol. The van der Waals surface area contributed by atoms with Crippen molar-refractivity contribution in [2.24, 2.45) is 0 Å². The molecule has 0 amide bonds. The Balaban J connectivity index is -0.000000916. The molecular formula is C17H39KOP. The van der Waals surface area contributed by atoms with E-state index in [1.165, 1.54) is 51.4 Å². The van der Waals surface area contributed by atoms with Crippen LogP contribution in [0.5, 0.6) is 0 Å². The molecule has 0 atom stereocenters. The maximum absolute atomic E-state index is 8.25. The first kappa shape index (κ1) is 26.9. The number of hydrogen-bond acceptors (Lipinski definition) is 1. The molecule has 119 valence electrons. The van der Waals surface area contributed by atoms with Gasteiger partial charge in [-0.3, -0.25) is 0 Å². The minimum Gasteiger partial charge on any atom is -0.857 e. The van der Waals surface area contributed by atoms with Crippen LogP contribution in [0.4, 0.5) is 0 Å². The Morgan fingerprint density at radius 1 is 0.550 bits per heavy atom. The van der Waals surface area contributed by atoms with Crippen LogP contribution < -0.4 is 5.11 Å². The van der Waals surface area contributed by atoms with Gasteiger partial charge in [0.1, 0.15) is 0 Å². The number of rotatable bonds is 12. The van der Waals surface area contributed by atoms with Crippen molar-refractivity contribution in [2.75, 3.05) is 31.8 Å². The molecule has 0 aromatic heterocycles. The van der Waals surface area contributed by atoms with E-state index in [0.29, 0.717) is 0 Å². The van der Waals surface area contributed by atoms with Crippen molar-refractivity contribution < 1.29 is 5.11 Å². The van der Waals surface area contributed by atoms with Gasteiger partial charge in [-0.2, -0.15) is 7.11 Å². The SMILES string of the molecule is CCCC[P+](CCCC)(CCCC)CCCC.C[O-].[K]. The molecule has 0 rings (SSSR count). The van der Waals surface area contributed by atoms with Gasteiger partial charge >= 0.3 is 0 Å². The van der Waals surface area contributed by atoms with E-state index in [2.05, 4.69) is 27.7 Å². The maximum atomic E-state index is 8.25. The summed E-state index contributed by atoms with van der Waals surface area (Å²) in [6, 6.07) is 0. The molecule has 1 radical (unpaired) electrons. The van der Waals surface area contributed by atoms with Gasteiger partial charge in [0.15, 0.2) is 0 Å². The van der Waals surface area contributed by atoms with Crippen molar-refractivity contribution in [1.82, 2.24) is 0 Å². The molecule has 0 saturated heterocycles. The largest absolute Gasteiger partial charge is 0.857 e. The molecule has 0 unspecified atom stereocenters.